The van der Waals surface area contributed by atoms with Gasteiger partial charge in [-0.2, -0.15) is 5.90 Å². The van der Waals surface area contributed by atoms with E-state index in [0.29, 0.717) is 11.5 Å². The molecule has 0 fully saturated rings. The van der Waals surface area contributed by atoms with Crippen LogP contribution in [0, 0.1) is 5.92 Å². The average molecular weight is 193 g/mol. The first kappa shape index (κ1) is 10.7. The summed E-state index contributed by atoms with van der Waals surface area (Å²) in [5.74, 6) is 4.88. The van der Waals surface area contributed by atoms with E-state index in [2.05, 4.69) is 18.7 Å². The van der Waals surface area contributed by atoms with Crippen LogP contribution in [-0.2, 0) is 11.3 Å². The van der Waals surface area contributed by atoms with Crippen molar-refractivity contribution in [3.05, 3.63) is 35.4 Å². The summed E-state index contributed by atoms with van der Waals surface area (Å²) in [6.45, 7) is 4.20. The molecule has 0 aliphatic rings. The molecule has 3 nitrogen and oxygen atoms in total. The fourth-order valence-corrected chi connectivity index (χ4v) is 1.40. The molecule has 0 aliphatic heterocycles. The van der Waals surface area contributed by atoms with E-state index in [1.165, 1.54) is 0 Å². The molecule has 1 aromatic rings. The van der Waals surface area contributed by atoms with Crippen LogP contribution in [0.5, 0.6) is 0 Å². The van der Waals surface area contributed by atoms with E-state index in [1.54, 1.807) is 12.1 Å². The molecule has 0 radical (unpaired) electrons. The lowest BCUT2D eigenvalue weighted by Gasteiger charge is -2.08. The Morgan fingerprint density at radius 1 is 1.43 bits per heavy atom. The molecule has 1 aromatic carbocycles. The molecule has 1 rings (SSSR count). The Balaban J connectivity index is 2.97. The molecule has 0 aliphatic carbocycles. The zero-order valence-electron chi connectivity index (χ0n) is 8.49. The van der Waals surface area contributed by atoms with Crippen LogP contribution in [0.3, 0.4) is 0 Å². The van der Waals surface area contributed by atoms with Crippen molar-refractivity contribution >= 4 is 5.97 Å². The highest BCUT2D eigenvalue weighted by atomic mass is 16.7. The van der Waals surface area contributed by atoms with Gasteiger partial charge in [-0.1, -0.05) is 32.0 Å². The van der Waals surface area contributed by atoms with Crippen molar-refractivity contribution in [3.8, 4) is 0 Å². The molecular formula is C11H15NO2. The minimum atomic E-state index is -0.471. The second-order valence-electron chi connectivity index (χ2n) is 3.66. The van der Waals surface area contributed by atoms with Gasteiger partial charge in [0.2, 0.25) is 0 Å². The summed E-state index contributed by atoms with van der Waals surface area (Å²) in [6.07, 6.45) is 0.852. The molecule has 0 spiro atoms. The molecule has 0 unspecified atom stereocenters. The fourth-order valence-electron chi connectivity index (χ4n) is 1.40. The van der Waals surface area contributed by atoms with Crippen LogP contribution in [0.25, 0.3) is 0 Å². The van der Waals surface area contributed by atoms with Crippen molar-refractivity contribution < 1.29 is 9.63 Å². The molecule has 2 N–H and O–H groups in total. The van der Waals surface area contributed by atoms with Crippen LogP contribution in [0.15, 0.2) is 24.3 Å². The third-order valence-corrected chi connectivity index (χ3v) is 1.97. The maximum atomic E-state index is 11.3. The van der Waals surface area contributed by atoms with E-state index < -0.39 is 5.97 Å². The van der Waals surface area contributed by atoms with Gasteiger partial charge in [-0.3, -0.25) is 0 Å². The van der Waals surface area contributed by atoms with Crippen LogP contribution in [0.1, 0.15) is 29.8 Å². The summed E-state index contributed by atoms with van der Waals surface area (Å²) in [5.41, 5.74) is 1.54. The summed E-state index contributed by atoms with van der Waals surface area (Å²) < 4.78 is 0. The number of rotatable bonds is 3. The molecule has 0 saturated heterocycles. The van der Waals surface area contributed by atoms with Gasteiger partial charge in [-0.05, 0) is 24.0 Å². The maximum Gasteiger partial charge on any atom is 0.356 e. The average Bonchev–Trinajstić information content (AvgIpc) is 2.16. The van der Waals surface area contributed by atoms with Gasteiger partial charge in [-0.25, -0.2) is 4.79 Å². The van der Waals surface area contributed by atoms with Crippen LogP contribution < -0.4 is 5.90 Å². The summed E-state index contributed by atoms with van der Waals surface area (Å²) in [5, 5.41) is 0. The molecule has 0 atom stereocenters. The van der Waals surface area contributed by atoms with Crippen molar-refractivity contribution in [2.75, 3.05) is 0 Å². The van der Waals surface area contributed by atoms with E-state index in [9.17, 15) is 4.79 Å². The minimum Gasteiger partial charge on any atom is -0.370 e. The van der Waals surface area contributed by atoms with E-state index in [0.717, 1.165) is 12.0 Å². The monoisotopic (exact) mass is 193 g/mol. The highest BCUT2D eigenvalue weighted by Crippen LogP contribution is 2.14. The largest absolute Gasteiger partial charge is 0.370 e. The minimum absolute atomic E-state index is 0.471. The van der Waals surface area contributed by atoms with Gasteiger partial charge in [0.05, 0.1) is 5.56 Å². The zero-order valence-corrected chi connectivity index (χ0v) is 8.49. The number of carbonyl (C=O) groups excluding carboxylic acids is 1. The third kappa shape index (κ3) is 2.57. The summed E-state index contributed by atoms with van der Waals surface area (Å²) in [7, 11) is 0. The molecule has 3 heteroatoms. The highest BCUT2D eigenvalue weighted by Gasteiger charge is 2.11. The number of nitrogens with two attached hydrogens (primary N) is 1. The predicted octanol–water partition coefficient (Wildman–Crippen LogP) is 1.92. The lowest BCUT2D eigenvalue weighted by atomic mass is 9.98. The van der Waals surface area contributed by atoms with Crippen molar-refractivity contribution in [2.45, 2.75) is 20.3 Å². The second-order valence-corrected chi connectivity index (χ2v) is 3.66. The van der Waals surface area contributed by atoms with Gasteiger partial charge in [0.15, 0.2) is 0 Å². The molecule has 0 bridgehead atoms. The Morgan fingerprint density at radius 3 is 2.64 bits per heavy atom. The SMILES string of the molecule is CC(C)Cc1ccccc1C(=O)ON. The molecule has 0 saturated carbocycles. The summed E-state index contributed by atoms with van der Waals surface area (Å²) >= 11 is 0. The van der Waals surface area contributed by atoms with Crippen LogP contribution in [0.4, 0.5) is 0 Å². The van der Waals surface area contributed by atoms with Gasteiger partial charge in [0, 0.05) is 0 Å². The molecule has 76 valence electrons. The molecule has 14 heavy (non-hydrogen) atoms. The summed E-state index contributed by atoms with van der Waals surface area (Å²) in [6, 6.07) is 7.36. The molecule has 0 amide bonds. The number of benzene rings is 1. The number of hydrogen-bond donors (Lipinski definition) is 1. The topological polar surface area (TPSA) is 52.3 Å². The lowest BCUT2D eigenvalue weighted by Crippen LogP contribution is -2.13. The quantitative estimate of drug-likeness (QED) is 0.746. The molecular weight excluding hydrogens is 178 g/mol. The first-order chi connectivity index (χ1) is 6.65. The van der Waals surface area contributed by atoms with Gasteiger partial charge in [0.25, 0.3) is 0 Å². The van der Waals surface area contributed by atoms with Gasteiger partial charge in [0.1, 0.15) is 0 Å². The fraction of sp³-hybridized carbons (Fsp3) is 0.364. The summed E-state index contributed by atoms with van der Waals surface area (Å²) in [4.78, 5) is 15.5. The van der Waals surface area contributed by atoms with Gasteiger partial charge < -0.3 is 4.84 Å². The van der Waals surface area contributed by atoms with Crippen molar-refractivity contribution in [1.82, 2.24) is 0 Å². The van der Waals surface area contributed by atoms with Crippen molar-refractivity contribution in [3.63, 3.8) is 0 Å². The first-order valence-corrected chi connectivity index (χ1v) is 4.64. The van der Waals surface area contributed by atoms with E-state index in [-0.39, 0.29) is 0 Å². The predicted molar refractivity (Wildman–Crippen MR) is 54.6 cm³/mol. The Kier molecular flexibility index (Phi) is 3.65. The van der Waals surface area contributed by atoms with E-state index >= 15 is 0 Å². The smallest absolute Gasteiger partial charge is 0.356 e. The lowest BCUT2D eigenvalue weighted by molar-refractivity contribution is 0.0502. The third-order valence-electron chi connectivity index (χ3n) is 1.97. The highest BCUT2D eigenvalue weighted by molar-refractivity contribution is 5.90. The van der Waals surface area contributed by atoms with Gasteiger partial charge in [-0.15, -0.1) is 0 Å². The maximum absolute atomic E-state index is 11.3. The van der Waals surface area contributed by atoms with E-state index in [4.69, 9.17) is 5.90 Å². The van der Waals surface area contributed by atoms with Crippen LogP contribution >= 0.6 is 0 Å². The number of hydrogen-bond acceptors (Lipinski definition) is 3. The van der Waals surface area contributed by atoms with E-state index in [1.807, 2.05) is 12.1 Å². The Bertz CT molecular complexity index is 321. The molecule has 0 heterocycles. The first-order valence-electron chi connectivity index (χ1n) is 4.64. The number of carbonyl (C=O) groups is 1. The van der Waals surface area contributed by atoms with Crippen molar-refractivity contribution in [2.24, 2.45) is 11.8 Å². The van der Waals surface area contributed by atoms with Crippen molar-refractivity contribution in [1.29, 1.82) is 0 Å². The van der Waals surface area contributed by atoms with Crippen LogP contribution in [0.2, 0.25) is 0 Å². The second kappa shape index (κ2) is 4.77. The Hall–Kier alpha value is -1.35. The Morgan fingerprint density at radius 2 is 2.07 bits per heavy atom. The Labute approximate surface area is 83.8 Å². The van der Waals surface area contributed by atoms with Crippen LogP contribution in [-0.4, -0.2) is 5.97 Å². The van der Waals surface area contributed by atoms with Gasteiger partial charge >= 0.3 is 5.97 Å². The normalized spacial score (nSPS) is 10.3. The standard InChI is InChI=1S/C11H15NO2/c1-8(2)7-9-5-3-4-6-10(9)11(13)14-12/h3-6,8H,7,12H2,1-2H3. The zero-order chi connectivity index (χ0) is 10.6. The molecule has 0 aromatic heterocycles.